The first-order valence-corrected chi connectivity index (χ1v) is 10.4. The lowest BCUT2D eigenvalue weighted by Gasteiger charge is -2.36. The number of hydrogen-bond donors (Lipinski definition) is 2. The van der Waals surface area contributed by atoms with Crippen LogP contribution < -0.4 is 15.5 Å². The van der Waals surface area contributed by atoms with Gasteiger partial charge in [-0.2, -0.15) is 0 Å². The molecule has 29 heavy (non-hydrogen) atoms. The average molecular weight is 405 g/mol. The molecule has 1 aromatic carbocycles. The monoisotopic (exact) mass is 404 g/mol. The van der Waals surface area contributed by atoms with E-state index in [9.17, 15) is 14.4 Å². The lowest BCUT2D eigenvalue weighted by molar-refractivity contribution is -0.144. The van der Waals surface area contributed by atoms with Crippen molar-refractivity contribution in [3.63, 3.8) is 0 Å². The van der Waals surface area contributed by atoms with E-state index in [-0.39, 0.29) is 30.7 Å². The average Bonchev–Trinajstić information content (AvgIpc) is 2.73. The highest BCUT2D eigenvalue weighted by Gasteiger charge is 2.21. The zero-order valence-electron chi connectivity index (χ0n) is 17.4. The molecule has 1 aliphatic heterocycles. The first-order valence-electron chi connectivity index (χ1n) is 10.4. The van der Waals surface area contributed by atoms with Crippen LogP contribution >= 0.6 is 0 Å². The maximum absolute atomic E-state index is 12.1. The standard InChI is InChI=1S/C21H32N4O4/c1-3-5-12-22-21(28)25-15-13-24(14-16-25)18-8-6-17(7-9-18)23-19(26)10-11-20(27)29-4-2/h6-9H,3-5,10-16H2,1-2H3,(H,22,28)(H,23,26). The molecule has 0 unspecified atom stereocenters. The predicted octanol–water partition coefficient (Wildman–Crippen LogP) is 2.60. The number of piperazine rings is 1. The summed E-state index contributed by atoms with van der Waals surface area (Å²) in [5, 5.41) is 5.75. The summed E-state index contributed by atoms with van der Waals surface area (Å²) in [5.41, 5.74) is 1.75. The molecule has 0 aliphatic carbocycles. The van der Waals surface area contributed by atoms with Gasteiger partial charge in [-0.05, 0) is 37.6 Å². The van der Waals surface area contributed by atoms with Crippen LogP contribution in [0.1, 0.15) is 39.5 Å². The Hall–Kier alpha value is -2.77. The number of nitrogens with one attached hydrogen (secondary N) is 2. The molecule has 2 N–H and O–H groups in total. The van der Waals surface area contributed by atoms with Gasteiger partial charge in [0.1, 0.15) is 0 Å². The Kier molecular flexibility index (Phi) is 9.27. The Balaban J connectivity index is 1.75. The topological polar surface area (TPSA) is 91.0 Å². The quantitative estimate of drug-likeness (QED) is 0.488. The second-order valence-electron chi connectivity index (χ2n) is 6.96. The zero-order chi connectivity index (χ0) is 21.1. The number of hydrogen-bond acceptors (Lipinski definition) is 5. The number of ether oxygens (including phenoxy) is 1. The van der Waals surface area contributed by atoms with Crippen molar-refractivity contribution in [1.29, 1.82) is 0 Å². The van der Waals surface area contributed by atoms with E-state index in [1.165, 1.54) is 0 Å². The summed E-state index contributed by atoms with van der Waals surface area (Å²) in [5.74, 6) is -0.579. The molecule has 0 radical (unpaired) electrons. The molecule has 1 saturated heterocycles. The number of unbranched alkanes of at least 4 members (excludes halogenated alkanes) is 1. The van der Waals surface area contributed by atoms with Crippen LogP contribution in [-0.4, -0.2) is 62.1 Å². The number of nitrogens with zero attached hydrogens (tertiary/aromatic N) is 2. The van der Waals surface area contributed by atoms with Gasteiger partial charge in [-0.1, -0.05) is 13.3 Å². The minimum Gasteiger partial charge on any atom is -0.466 e. The summed E-state index contributed by atoms with van der Waals surface area (Å²) in [6.45, 7) is 7.79. The lowest BCUT2D eigenvalue weighted by Crippen LogP contribution is -2.52. The van der Waals surface area contributed by atoms with E-state index in [4.69, 9.17) is 4.74 Å². The molecule has 0 bridgehead atoms. The van der Waals surface area contributed by atoms with Crippen molar-refractivity contribution in [3.05, 3.63) is 24.3 Å². The van der Waals surface area contributed by atoms with Gasteiger partial charge in [-0.15, -0.1) is 0 Å². The van der Waals surface area contributed by atoms with Crippen LogP contribution in [0.2, 0.25) is 0 Å². The summed E-state index contributed by atoms with van der Waals surface area (Å²) in [6.07, 6.45) is 2.24. The van der Waals surface area contributed by atoms with Crippen LogP contribution in [-0.2, 0) is 14.3 Å². The second kappa shape index (κ2) is 11.9. The number of amides is 3. The van der Waals surface area contributed by atoms with E-state index in [1.807, 2.05) is 29.2 Å². The third-order valence-electron chi connectivity index (χ3n) is 4.75. The number of carbonyl (C=O) groups is 3. The van der Waals surface area contributed by atoms with E-state index in [0.29, 0.717) is 25.4 Å². The highest BCUT2D eigenvalue weighted by molar-refractivity contribution is 5.92. The lowest BCUT2D eigenvalue weighted by atomic mass is 10.2. The van der Waals surface area contributed by atoms with Gasteiger partial charge in [0.2, 0.25) is 5.91 Å². The largest absolute Gasteiger partial charge is 0.466 e. The molecule has 1 aromatic rings. The molecular weight excluding hydrogens is 372 g/mol. The minimum absolute atomic E-state index is 0.0129. The number of esters is 1. The third kappa shape index (κ3) is 7.63. The first-order chi connectivity index (χ1) is 14.0. The molecule has 2 rings (SSSR count). The summed E-state index contributed by atoms with van der Waals surface area (Å²) >= 11 is 0. The molecule has 160 valence electrons. The SMILES string of the molecule is CCCCNC(=O)N1CCN(c2ccc(NC(=O)CCC(=O)OCC)cc2)CC1. The molecule has 1 fully saturated rings. The molecule has 0 saturated carbocycles. The molecule has 8 nitrogen and oxygen atoms in total. The predicted molar refractivity (Wildman–Crippen MR) is 113 cm³/mol. The maximum Gasteiger partial charge on any atom is 0.317 e. The van der Waals surface area contributed by atoms with Gasteiger partial charge in [0, 0.05) is 50.5 Å². The summed E-state index contributed by atoms with van der Waals surface area (Å²) in [7, 11) is 0. The van der Waals surface area contributed by atoms with Crippen molar-refractivity contribution in [2.45, 2.75) is 39.5 Å². The summed E-state index contributed by atoms with van der Waals surface area (Å²) < 4.78 is 4.82. The highest BCUT2D eigenvalue weighted by Crippen LogP contribution is 2.20. The van der Waals surface area contributed by atoms with Crippen LogP contribution in [0.15, 0.2) is 24.3 Å². The number of anilines is 2. The fourth-order valence-corrected chi connectivity index (χ4v) is 3.08. The van der Waals surface area contributed by atoms with Crippen molar-refractivity contribution < 1.29 is 19.1 Å². The summed E-state index contributed by atoms with van der Waals surface area (Å²) in [4.78, 5) is 39.4. The van der Waals surface area contributed by atoms with Crippen LogP contribution in [0.3, 0.4) is 0 Å². The minimum atomic E-state index is -0.365. The molecule has 1 heterocycles. The molecule has 0 aromatic heterocycles. The Labute approximate surface area is 172 Å². The van der Waals surface area contributed by atoms with Gasteiger partial charge in [0.15, 0.2) is 0 Å². The zero-order valence-corrected chi connectivity index (χ0v) is 17.4. The van der Waals surface area contributed by atoms with Gasteiger partial charge in [0.25, 0.3) is 0 Å². The number of carbonyl (C=O) groups excluding carboxylic acids is 3. The Bertz CT molecular complexity index is 670. The fraction of sp³-hybridized carbons (Fsp3) is 0.571. The van der Waals surface area contributed by atoms with Crippen LogP contribution in [0.4, 0.5) is 16.2 Å². The first kappa shape index (κ1) is 22.5. The Morgan fingerprint density at radius 2 is 1.69 bits per heavy atom. The number of urea groups is 1. The van der Waals surface area contributed by atoms with Crippen LogP contribution in [0.25, 0.3) is 0 Å². The number of rotatable bonds is 9. The van der Waals surface area contributed by atoms with Gasteiger partial charge >= 0.3 is 12.0 Å². The maximum atomic E-state index is 12.1. The highest BCUT2D eigenvalue weighted by atomic mass is 16.5. The molecule has 8 heteroatoms. The van der Waals surface area contributed by atoms with Crippen molar-refractivity contribution in [1.82, 2.24) is 10.2 Å². The van der Waals surface area contributed by atoms with E-state index >= 15 is 0 Å². The van der Waals surface area contributed by atoms with Gasteiger partial charge in [0.05, 0.1) is 13.0 Å². The van der Waals surface area contributed by atoms with Gasteiger partial charge in [-0.25, -0.2) is 4.79 Å². The fourth-order valence-electron chi connectivity index (χ4n) is 3.08. The number of benzene rings is 1. The van der Waals surface area contributed by atoms with Crippen molar-refractivity contribution in [2.75, 3.05) is 49.5 Å². The molecule has 1 aliphatic rings. The van der Waals surface area contributed by atoms with Crippen LogP contribution in [0, 0.1) is 0 Å². The van der Waals surface area contributed by atoms with Crippen molar-refractivity contribution in [3.8, 4) is 0 Å². The van der Waals surface area contributed by atoms with E-state index in [2.05, 4.69) is 22.5 Å². The van der Waals surface area contributed by atoms with Crippen molar-refractivity contribution >= 4 is 29.3 Å². The Morgan fingerprint density at radius 1 is 1.00 bits per heavy atom. The molecule has 0 atom stereocenters. The normalized spacial score (nSPS) is 13.7. The third-order valence-corrected chi connectivity index (χ3v) is 4.75. The van der Waals surface area contributed by atoms with Gasteiger partial charge in [-0.3, -0.25) is 9.59 Å². The molecular formula is C21H32N4O4. The Morgan fingerprint density at radius 3 is 2.31 bits per heavy atom. The molecule has 3 amide bonds. The smallest absolute Gasteiger partial charge is 0.317 e. The van der Waals surface area contributed by atoms with Crippen molar-refractivity contribution in [2.24, 2.45) is 0 Å². The van der Waals surface area contributed by atoms with E-state index < -0.39 is 0 Å². The molecule has 0 spiro atoms. The van der Waals surface area contributed by atoms with Crippen LogP contribution in [0.5, 0.6) is 0 Å². The van der Waals surface area contributed by atoms with Gasteiger partial charge < -0.3 is 25.2 Å². The summed E-state index contributed by atoms with van der Waals surface area (Å²) in [6, 6.07) is 7.62. The van der Waals surface area contributed by atoms with E-state index in [1.54, 1.807) is 6.92 Å². The van der Waals surface area contributed by atoms with E-state index in [0.717, 1.165) is 38.2 Å². The second-order valence-corrected chi connectivity index (χ2v) is 6.96.